The molecule has 2 unspecified atom stereocenters. The van der Waals surface area contributed by atoms with E-state index in [-0.39, 0.29) is 70.3 Å². The number of aromatic amines is 1. The predicted octanol–water partition coefficient (Wildman–Crippen LogP) is 10.5. The number of rotatable bonds is 10. The second kappa shape index (κ2) is 23.0. The Labute approximate surface area is 512 Å². The van der Waals surface area contributed by atoms with Crippen molar-refractivity contribution < 1.29 is 40.7 Å². The molecule has 5 aromatic heterocycles. The first kappa shape index (κ1) is 58.9. The number of H-pyrrole nitrogens is 1. The highest BCUT2D eigenvalue weighted by Crippen LogP contribution is 2.38. The standard InChI is InChI=1S/C63H48Br2F6N12O5/c1-34-25-45-52(32-78(34)58(85)39-17-23-49(64)47(28-39)62(66,67)68)82-56(80(60(45)87)44-21-15-38(16-22-44)55(84)72-3)41(30-73-82)11-7-8-12-51-54(76-77-75-51)37-13-19-43(20-14-37)81-57-42(27-36-9-5-4-6-10-36)31-74-83(57)53-33-79(35(2)26-46(53)61(81)88)59(86)40-18-24-50(65)48(29-40)63(69,70)71/h4-6,9-10,13-24,28-31,34-35H,11-12,25-27,32-33H2,1-3H3,(H,72,84)(H,75,76,77). The van der Waals surface area contributed by atoms with Crippen molar-refractivity contribution in [2.45, 2.75) is 83.5 Å². The fourth-order valence-corrected chi connectivity index (χ4v) is 12.5. The smallest absolute Gasteiger partial charge is 0.355 e. The quantitative estimate of drug-likeness (QED) is 0.0991. The molecule has 7 heterocycles. The van der Waals surface area contributed by atoms with Crippen LogP contribution in [0.1, 0.15) is 101 Å². The maximum atomic E-state index is 15.0. The number of alkyl halides is 6. The van der Waals surface area contributed by atoms with Gasteiger partial charge in [0.2, 0.25) is 0 Å². The van der Waals surface area contributed by atoms with E-state index >= 15 is 4.79 Å². The summed E-state index contributed by atoms with van der Waals surface area (Å²) in [5.41, 5.74) is 4.31. The van der Waals surface area contributed by atoms with Gasteiger partial charge in [0.15, 0.2) is 0 Å². The zero-order chi connectivity index (χ0) is 62.1. The van der Waals surface area contributed by atoms with E-state index in [2.05, 4.69) is 64.4 Å². The summed E-state index contributed by atoms with van der Waals surface area (Å²) in [5.74, 6) is 4.74. The van der Waals surface area contributed by atoms with Gasteiger partial charge < -0.3 is 15.1 Å². The summed E-state index contributed by atoms with van der Waals surface area (Å²) in [6.45, 7) is 3.22. The van der Waals surface area contributed by atoms with Crippen molar-refractivity contribution >= 4 is 60.9 Å². The van der Waals surface area contributed by atoms with Crippen LogP contribution >= 0.6 is 31.9 Å². The van der Waals surface area contributed by atoms with Crippen LogP contribution in [0.3, 0.4) is 0 Å². The van der Waals surface area contributed by atoms with Crippen molar-refractivity contribution in [3.8, 4) is 34.5 Å². The van der Waals surface area contributed by atoms with E-state index in [1.54, 1.807) is 88.4 Å². The van der Waals surface area contributed by atoms with Crippen molar-refractivity contribution in [2.24, 2.45) is 0 Å². The molecule has 446 valence electrons. The molecule has 3 amide bonds. The third-order valence-electron chi connectivity index (χ3n) is 16.0. The fraction of sp³-hybridized carbons (Fsp3) is 0.222. The van der Waals surface area contributed by atoms with Crippen LogP contribution in [0.4, 0.5) is 26.3 Å². The molecule has 2 N–H and O–H groups in total. The highest BCUT2D eigenvalue weighted by atomic mass is 79.9. The lowest BCUT2D eigenvalue weighted by Crippen LogP contribution is -2.46. The van der Waals surface area contributed by atoms with Gasteiger partial charge in [-0.2, -0.15) is 52.0 Å². The molecule has 88 heavy (non-hydrogen) atoms. The van der Waals surface area contributed by atoms with E-state index in [1.807, 2.05) is 30.3 Å². The van der Waals surface area contributed by atoms with Gasteiger partial charge in [0, 0.05) is 85.4 Å². The van der Waals surface area contributed by atoms with E-state index < -0.39 is 52.9 Å². The Kier molecular flexibility index (Phi) is 15.4. The molecule has 0 saturated heterocycles. The average molecular weight is 1330 g/mol. The highest BCUT2D eigenvalue weighted by Gasteiger charge is 2.39. The Morgan fingerprint density at radius 2 is 1.10 bits per heavy atom. The highest BCUT2D eigenvalue weighted by molar-refractivity contribution is 9.10. The molecule has 17 nitrogen and oxygen atoms in total. The number of hydrogen-bond acceptors (Lipinski definition) is 9. The number of aromatic nitrogens is 9. The summed E-state index contributed by atoms with van der Waals surface area (Å²) in [5, 5.41) is 23.6. The zero-order valence-corrected chi connectivity index (χ0v) is 49.9. The van der Waals surface area contributed by atoms with Crippen molar-refractivity contribution in [1.29, 1.82) is 0 Å². The van der Waals surface area contributed by atoms with Crippen molar-refractivity contribution in [2.75, 3.05) is 7.05 Å². The summed E-state index contributed by atoms with van der Waals surface area (Å²) < 4.78 is 89.6. The summed E-state index contributed by atoms with van der Waals surface area (Å²) in [6.07, 6.45) is -5.47. The normalized spacial score (nSPS) is 15.0. The van der Waals surface area contributed by atoms with Crippen LogP contribution in [0.25, 0.3) is 33.9 Å². The number of nitrogens with one attached hydrogen (secondary N) is 2. The van der Waals surface area contributed by atoms with E-state index in [1.165, 1.54) is 45.7 Å². The molecule has 12 rings (SSSR count). The lowest BCUT2D eigenvalue weighted by atomic mass is 9.97. The minimum absolute atomic E-state index is 0.0598. The van der Waals surface area contributed by atoms with Crippen LogP contribution in [-0.2, 0) is 57.5 Å². The summed E-state index contributed by atoms with van der Waals surface area (Å²) in [6, 6.07) is 28.7. The van der Waals surface area contributed by atoms with Crippen LogP contribution in [0.15, 0.2) is 146 Å². The van der Waals surface area contributed by atoms with Gasteiger partial charge in [0.1, 0.15) is 22.7 Å². The van der Waals surface area contributed by atoms with E-state index in [0.29, 0.717) is 85.2 Å². The van der Waals surface area contributed by atoms with Gasteiger partial charge in [-0.05, 0) is 105 Å². The number of nitrogens with zero attached hydrogens (tertiary/aromatic N) is 10. The average Bonchev–Trinajstić information content (AvgIpc) is 1.43. The summed E-state index contributed by atoms with van der Waals surface area (Å²) >= 11 is 5.91. The van der Waals surface area contributed by atoms with Gasteiger partial charge in [-0.25, -0.2) is 9.03 Å². The molecule has 0 fully saturated rings. The lowest BCUT2D eigenvalue weighted by Gasteiger charge is -2.35. The van der Waals surface area contributed by atoms with Gasteiger partial charge in [-0.3, -0.25) is 33.1 Å². The Balaban J connectivity index is 0.847. The molecule has 2 atom stereocenters. The van der Waals surface area contributed by atoms with E-state index in [9.17, 15) is 45.5 Å². The number of carbonyl (C=O) groups is 3. The Hall–Kier alpha value is -9.41. The van der Waals surface area contributed by atoms with Crippen LogP contribution in [-0.4, -0.2) is 90.4 Å². The Bertz CT molecular complexity index is 4660. The van der Waals surface area contributed by atoms with E-state index in [4.69, 9.17) is 10.2 Å². The fourth-order valence-electron chi connectivity index (χ4n) is 11.5. The zero-order valence-electron chi connectivity index (χ0n) is 46.8. The number of amides is 3. The maximum Gasteiger partial charge on any atom is 0.417 e. The third kappa shape index (κ3) is 10.8. The first-order valence-corrected chi connectivity index (χ1v) is 29.1. The first-order chi connectivity index (χ1) is 42.1. The number of carbonyl (C=O) groups excluding carboxylic acids is 3. The molecule has 0 bridgehead atoms. The largest absolute Gasteiger partial charge is 0.417 e. The summed E-state index contributed by atoms with van der Waals surface area (Å²) in [7, 11) is 1.50. The van der Waals surface area contributed by atoms with Crippen LogP contribution in [0, 0.1) is 11.8 Å². The van der Waals surface area contributed by atoms with Crippen molar-refractivity contribution in [1.82, 2.24) is 58.9 Å². The van der Waals surface area contributed by atoms with Crippen molar-refractivity contribution in [3.63, 3.8) is 0 Å². The number of halogens is 8. The third-order valence-corrected chi connectivity index (χ3v) is 17.4. The van der Waals surface area contributed by atoms with Crippen LogP contribution < -0.4 is 16.4 Å². The number of hydrogen-bond donors (Lipinski definition) is 2. The molecule has 10 aromatic rings. The molecule has 0 saturated carbocycles. The predicted molar refractivity (Wildman–Crippen MR) is 319 cm³/mol. The lowest BCUT2D eigenvalue weighted by molar-refractivity contribution is -0.139. The van der Waals surface area contributed by atoms with E-state index in [0.717, 1.165) is 17.7 Å². The molecular formula is C63H48Br2F6N12O5. The van der Waals surface area contributed by atoms with Crippen LogP contribution in [0.5, 0.6) is 0 Å². The summed E-state index contributed by atoms with van der Waals surface area (Å²) in [4.78, 5) is 73.4. The van der Waals surface area contributed by atoms with Crippen molar-refractivity contribution in [3.05, 3.63) is 230 Å². The molecule has 0 aliphatic carbocycles. The minimum atomic E-state index is -4.73. The maximum absolute atomic E-state index is 15.0. The molecule has 5 aromatic carbocycles. The molecule has 0 spiro atoms. The first-order valence-electron chi connectivity index (χ1n) is 27.5. The number of benzene rings is 5. The molecule has 2 aliphatic heterocycles. The topological polar surface area (TPSA) is 190 Å². The molecular weight excluding hydrogens is 1280 g/mol. The van der Waals surface area contributed by atoms with Gasteiger partial charge in [0.25, 0.3) is 28.8 Å². The van der Waals surface area contributed by atoms with Gasteiger partial charge >= 0.3 is 12.4 Å². The molecule has 0 radical (unpaired) electrons. The second-order valence-electron chi connectivity index (χ2n) is 21.5. The van der Waals surface area contributed by atoms with Gasteiger partial charge in [-0.1, -0.05) is 86.2 Å². The monoisotopic (exact) mass is 1320 g/mol. The minimum Gasteiger partial charge on any atom is -0.355 e. The Morgan fingerprint density at radius 3 is 1.61 bits per heavy atom. The molecule has 2 aliphatic rings. The Morgan fingerprint density at radius 1 is 0.625 bits per heavy atom. The van der Waals surface area contributed by atoms with Gasteiger partial charge in [-0.15, -0.1) is 0 Å². The van der Waals surface area contributed by atoms with Gasteiger partial charge in [0.05, 0.1) is 65.8 Å². The SMILES string of the molecule is CNC(=O)c1ccc(-n2c(=O)c3c(n4ncc(CC#CCc5n[nH]nc5-c5ccc(-n6c(=O)c7c(n8ncc(Cc9ccccc9)c68)CN(C(=O)c6ccc(Br)c(C(F)(F)F)c6)C(C)C7)cc5)c24)CN(C(=O)c2ccc(Br)c(C(F)(F)F)c2)C(C)C3)cc1. The second-order valence-corrected chi connectivity index (χ2v) is 23.2. The van der Waals surface area contributed by atoms with Crippen LogP contribution in [0.2, 0.25) is 0 Å². The number of fused-ring (bicyclic) bond motifs is 6. The molecule has 25 heteroatoms.